The Bertz CT molecular complexity index is 446. The van der Waals surface area contributed by atoms with Crippen LogP contribution in [0.15, 0.2) is 12.1 Å². The summed E-state index contributed by atoms with van der Waals surface area (Å²) >= 11 is 5.80. The molecule has 0 saturated carbocycles. The molecule has 0 heterocycles. The van der Waals surface area contributed by atoms with Crippen molar-refractivity contribution in [1.29, 1.82) is 10.5 Å². The van der Waals surface area contributed by atoms with E-state index >= 15 is 0 Å². The van der Waals surface area contributed by atoms with Gasteiger partial charge in [-0.2, -0.15) is 10.5 Å². The van der Waals surface area contributed by atoms with Crippen molar-refractivity contribution in [3.63, 3.8) is 0 Å². The highest BCUT2D eigenvalue weighted by Gasteiger charge is 2.09. The van der Waals surface area contributed by atoms with E-state index < -0.39 is 0 Å². The van der Waals surface area contributed by atoms with Crippen molar-refractivity contribution in [3.8, 4) is 23.6 Å². The molecule has 0 aliphatic rings. The second-order valence-electron chi connectivity index (χ2n) is 2.54. The third-order valence-corrected chi connectivity index (χ3v) is 1.98. The van der Waals surface area contributed by atoms with E-state index in [0.717, 1.165) is 0 Å². The number of hydrogen-bond acceptors (Lipinski definition) is 4. The van der Waals surface area contributed by atoms with Gasteiger partial charge >= 0.3 is 0 Å². The Morgan fingerprint density at radius 3 is 2.60 bits per heavy atom. The highest BCUT2D eigenvalue weighted by Crippen LogP contribution is 2.32. The number of nitriles is 2. The first-order valence-electron chi connectivity index (χ1n) is 4.00. The van der Waals surface area contributed by atoms with Gasteiger partial charge in [0.15, 0.2) is 18.1 Å². The van der Waals surface area contributed by atoms with Gasteiger partial charge in [-0.1, -0.05) is 11.6 Å². The summed E-state index contributed by atoms with van der Waals surface area (Å²) in [6.07, 6.45) is 0. The van der Waals surface area contributed by atoms with Crippen molar-refractivity contribution >= 4 is 11.6 Å². The van der Waals surface area contributed by atoms with E-state index in [4.69, 9.17) is 31.6 Å². The predicted molar refractivity (Wildman–Crippen MR) is 53.8 cm³/mol. The predicted octanol–water partition coefficient (Wildman–Crippen LogP) is 2.12. The minimum atomic E-state index is -0.0986. The van der Waals surface area contributed by atoms with E-state index in [1.54, 1.807) is 0 Å². The lowest BCUT2D eigenvalue weighted by Crippen LogP contribution is -1.97. The first-order chi connectivity index (χ1) is 7.22. The fourth-order valence-electron chi connectivity index (χ4n) is 1.00. The number of methoxy groups -OCH3 is 1. The summed E-state index contributed by atoms with van der Waals surface area (Å²) in [4.78, 5) is 0. The van der Waals surface area contributed by atoms with Crippen molar-refractivity contribution in [2.75, 3.05) is 13.7 Å². The first-order valence-corrected chi connectivity index (χ1v) is 4.38. The van der Waals surface area contributed by atoms with Gasteiger partial charge in [0.2, 0.25) is 0 Å². The molecule has 0 N–H and O–H groups in total. The molecular weight excluding hydrogens is 216 g/mol. The normalized spacial score (nSPS) is 8.80. The van der Waals surface area contributed by atoms with E-state index in [2.05, 4.69) is 0 Å². The molecule has 4 nitrogen and oxygen atoms in total. The highest BCUT2D eigenvalue weighted by atomic mass is 35.5. The molecule has 0 spiro atoms. The molecule has 0 saturated heterocycles. The number of hydrogen-bond donors (Lipinski definition) is 0. The van der Waals surface area contributed by atoms with E-state index in [1.807, 2.05) is 12.1 Å². The Morgan fingerprint density at radius 2 is 2.07 bits per heavy atom. The lowest BCUT2D eigenvalue weighted by Gasteiger charge is -2.09. The lowest BCUT2D eigenvalue weighted by molar-refractivity contribution is 0.329. The Labute approximate surface area is 92.2 Å². The van der Waals surface area contributed by atoms with Gasteiger partial charge in [-0.25, -0.2) is 0 Å². The molecule has 5 heteroatoms. The van der Waals surface area contributed by atoms with Crippen LogP contribution in [0.1, 0.15) is 5.56 Å². The molecule has 0 amide bonds. The number of ether oxygens (including phenoxy) is 2. The van der Waals surface area contributed by atoms with Crippen molar-refractivity contribution in [2.24, 2.45) is 0 Å². The van der Waals surface area contributed by atoms with Crippen LogP contribution in [0.4, 0.5) is 0 Å². The molecule has 0 aliphatic heterocycles. The average molecular weight is 223 g/mol. The summed E-state index contributed by atoms with van der Waals surface area (Å²) in [5.74, 6) is 0.731. The second kappa shape index (κ2) is 5.09. The Morgan fingerprint density at radius 1 is 1.33 bits per heavy atom. The highest BCUT2D eigenvalue weighted by molar-refractivity contribution is 6.31. The molecule has 0 aliphatic carbocycles. The van der Waals surface area contributed by atoms with Crippen molar-refractivity contribution in [2.45, 2.75) is 0 Å². The van der Waals surface area contributed by atoms with Crippen LogP contribution in [0.3, 0.4) is 0 Å². The maximum absolute atomic E-state index is 8.72. The van der Waals surface area contributed by atoms with Crippen LogP contribution in [0, 0.1) is 22.7 Å². The summed E-state index contributed by atoms with van der Waals surface area (Å²) in [5.41, 5.74) is 0.304. The van der Waals surface area contributed by atoms with Gasteiger partial charge in [0.05, 0.1) is 17.7 Å². The quantitative estimate of drug-likeness (QED) is 0.786. The van der Waals surface area contributed by atoms with Crippen molar-refractivity contribution in [3.05, 3.63) is 22.7 Å². The third kappa shape index (κ3) is 2.52. The zero-order valence-corrected chi connectivity index (χ0v) is 8.71. The lowest BCUT2D eigenvalue weighted by atomic mass is 10.2. The summed E-state index contributed by atoms with van der Waals surface area (Å²) in [6, 6.07) is 6.67. The second-order valence-corrected chi connectivity index (χ2v) is 2.95. The minimum Gasteiger partial charge on any atom is -0.493 e. The van der Waals surface area contributed by atoms with Crippen LogP contribution in [-0.4, -0.2) is 13.7 Å². The summed E-state index contributed by atoms with van der Waals surface area (Å²) < 4.78 is 10.1. The molecule has 0 fully saturated rings. The molecule has 0 bridgehead atoms. The Balaban J connectivity index is 3.12. The molecule has 0 radical (unpaired) electrons. The van der Waals surface area contributed by atoms with Crippen molar-refractivity contribution < 1.29 is 9.47 Å². The van der Waals surface area contributed by atoms with Gasteiger partial charge in [-0.15, -0.1) is 0 Å². The number of halogens is 1. The van der Waals surface area contributed by atoms with Crippen LogP contribution in [0.25, 0.3) is 0 Å². The van der Waals surface area contributed by atoms with Gasteiger partial charge in [0, 0.05) is 12.1 Å². The topological polar surface area (TPSA) is 66.0 Å². The number of rotatable bonds is 3. The van der Waals surface area contributed by atoms with Gasteiger partial charge in [0.25, 0.3) is 0 Å². The molecule has 15 heavy (non-hydrogen) atoms. The van der Waals surface area contributed by atoms with E-state index in [9.17, 15) is 0 Å². The maximum atomic E-state index is 8.72. The molecular formula is C10H7ClN2O2. The molecule has 1 aromatic carbocycles. The van der Waals surface area contributed by atoms with Gasteiger partial charge in [-0.3, -0.25) is 0 Å². The standard InChI is InChI=1S/C10H7ClN2O2/c1-14-9-4-7(6-13)8(11)5-10(9)15-3-2-12/h4-5H,3H2,1H3. The van der Waals surface area contributed by atoms with Gasteiger partial charge < -0.3 is 9.47 Å². The van der Waals surface area contributed by atoms with Crippen LogP contribution in [0.5, 0.6) is 11.5 Å². The van der Waals surface area contributed by atoms with Crippen LogP contribution >= 0.6 is 11.6 Å². The minimum absolute atomic E-state index is 0.0986. The fraction of sp³-hybridized carbons (Fsp3) is 0.200. The molecule has 0 atom stereocenters. The summed E-state index contributed by atoms with van der Waals surface area (Å²) in [7, 11) is 1.45. The molecule has 0 unspecified atom stereocenters. The van der Waals surface area contributed by atoms with Crippen LogP contribution in [-0.2, 0) is 0 Å². The zero-order chi connectivity index (χ0) is 11.3. The van der Waals surface area contributed by atoms with Crippen molar-refractivity contribution in [1.82, 2.24) is 0 Å². The molecule has 0 aromatic heterocycles. The Kier molecular flexibility index (Phi) is 3.79. The third-order valence-electron chi connectivity index (χ3n) is 1.67. The maximum Gasteiger partial charge on any atom is 0.174 e. The molecule has 1 rings (SSSR count). The summed E-state index contributed by atoms with van der Waals surface area (Å²) in [5, 5.41) is 17.4. The van der Waals surface area contributed by atoms with E-state index in [0.29, 0.717) is 17.1 Å². The van der Waals surface area contributed by atoms with Gasteiger partial charge in [0.1, 0.15) is 12.1 Å². The smallest absolute Gasteiger partial charge is 0.174 e. The van der Waals surface area contributed by atoms with E-state index in [-0.39, 0.29) is 11.6 Å². The monoisotopic (exact) mass is 222 g/mol. The summed E-state index contributed by atoms with van der Waals surface area (Å²) in [6.45, 7) is -0.0986. The fourth-order valence-corrected chi connectivity index (χ4v) is 1.20. The number of benzene rings is 1. The van der Waals surface area contributed by atoms with Crippen LogP contribution < -0.4 is 9.47 Å². The Hall–Kier alpha value is -1.91. The number of nitrogens with zero attached hydrogens (tertiary/aromatic N) is 2. The molecule has 1 aromatic rings. The molecule has 76 valence electrons. The van der Waals surface area contributed by atoms with E-state index in [1.165, 1.54) is 19.2 Å². The average Bonchev–Trinajstić information content (AvgIpc) is 2.26. The first kappa shape index (κ1) is 11.2. The largest absolute Gasteiger partial charge is 0.493 e. The van der Waals surface area contributed by atoms with Crippen LogP contribution in [0.2, 0.25) is 5.02 Å². The zero-order valence-electron chi connectivity index (χ0n) is 7.95. The van der Waals surface area contributed by atoms with Gasteiger partial charge in [-0.05, 0) is 0 Å². The SMILES string of the molecule is COc1cc(C#N)c(Cl)cc1OCC#N.